The molecule has 26 heavy (non-hydrogen) atoms. The van der Waals surface area contributed by atoms with Gasteiger partial charge in [0.15, 0.2) is 0 Å². The van der Waals surface area contributed by atoms with Crippen molar-refractivity contribution in [2.75, 3.05) is 37.7 Å². The lowest BCUT2D eigenvalue weighted by Crippen LogP contribution is -2.51. The summed E-state index contributed by atoms with van der Waals surface area (Å²) in [7, 11) is 0. The number of hydrogen-bond donors (Lipinski definition) is 2. The van der Waals surface area contributed by atoms with Crippen LogP contribution in [0.3, 0.4) is 0 Å². The average Bonchev–Trinajstić information content (AvgIpc) is 2.70. The van der Waals surface area contributed by atoms with E-state index in [2.05, 4.69) is 14.9 Å². The van der Waals surface area contributed by atoms with Crippen LogP contribution in [0.25, 0.3) is 6.08 Å². The van der Waals surface area contributed by atoms with E-state index in [1.165, 1.54) is 12.4 Å². The first-order chi connectivity index (χ1) is 12.7. The maximum absolute atomic E-state index is 10.9. The fourth-order valence-electron chi connectivity index (χ4n) is 2.93. The molecule has 136 valence electrons. The number of aliphatic hydroxyl groups excluding tert-OH is 1. The molecule has 1 saturated heterocycles. The van der Waals surface area contributed by atoms with Gasteiger partial charge in [0.1, 0.15) is 0 Å². The summed E-state index contributed by atoms with van der Waals surface area (Å²) in [4.78, 5) is 23.4. The molecule has 0 saturated carbocycles. The van der Waals surface area contributed by atoms with E-state index >= 15 is 0 Å². The summed E-state index contributed by atoms with van der Waals surface area (Å²) in [5.41, 5.74) is 1.19. The first kappa shape index (κ1) is 18.0. The minimum atomic E-state index is -1.03. The first-order valence-corrected chi connectivity index (χ1v) is 8.56. The lowest BCUT2D eigenvalue weighted by molar-refractivity contribution is 0.0696. The smallest absolute Gasteiger partial charge is 0.338 e. The summed E-state index contributed by atoms with van der Waals surface area (Å²) in [6, 6.07) is 9.98. The molecule has 1 aromatic carbocycles. The molecule has 3 rings (SSSR count). The summed E-state index contributed by atoms with van der Waals surface area (Å²) in [5.74, 6) is -0.493. The Balaban J connectivity index is 1.58. The number of benzene rings is 1. The first-order valence-electron chi connectivity index (χ1n) is 8.56. The predicted molar refractivity (Wildman–Crippen MR) is 99.1 cm³/mol. The van der Waals surface area contributed by atoms with Crippen LogP contribution in [-0.2, 0) is 0 Å². The summed E-state index contributed by atoms with van der Waals surface area (Å²) in [6.45, 7) is 3.06. The third-order valence-electron chi connectivity index (χ3n) is 4.45. The minimum absolute atomic E-state index is 0.0346. The summed E-state index contributed by atoms with van der Waals surface area (Å²) >= 11 is 0. The van der Waals surface area contributed by atoms with Crippen LogP contribution >= 0.6 is 0 Å². The van der Waals surface area contributed by atoms with Crippen molar-refractivity contribution in [2.45, 2.75) is 6.04 Å². The van der Waals surface area contributed by atoms with Crippen molar-refractivity contribution >= 4 is 18.0 Å². The zero-order valence-corrected chi connectivity index (χ0v) is 14.4. The van der Waals surface area contributed by atoms with Gasteiger partial charge in [-0.1, -0.05) is 42.5 Å². The highest BCUT2D eigenvalue weighted by molar-refractivity contribution is 5.86. The van der Waals surface area contributed by atoms with Crippen molar-refractivity contribution in [3.63, 3.8) is 0 Å². The van der Waals surface area contributed by atoms with E-state index < -0.39 is 5.97 Å². The number of carboxylic acid groups (broad SMARTS) is 1. The van der Waals surface area contributed by atoms with Gasteiger partial charge in [0, 0.05) is 38.6 Å². The molecule has 1 atom stereocenters. The van der Waals surface area contributed by atoms with E-state index in [0.717, 1.165) is 31.7 Å². The van der Waals surface area contributed by atoms with E-state index in [0.29, 0.717) is 5.95 Å². The van der Waals surface area contributed by atoms with Gasteiger partial charge in [-0.3, -0.25) is 4.90 Å². The van der Waals surface area contributed by atoms with Gasteiger partial charge < -0.3 is 15.1 Å². The molecule has 1 aliphatic rings. The van der Waals surface area contributed by atoms with Crippen LogP contribution in [-0.4, -0.2) is 69.9 Å². The Kier molecular flexibility index (Phi) is 5.93. The van der Waals surface area contributed by atoms with Crippen molar-refractivity contribution < 1.29 is 15.0 Å². The number of hydrogen-bond acceptors (Lipinski definition) is 6. The summed E-state index contributed by atoms with van der Waals surface area (Å²) in [5, 5.41) is 18.6. The number of aromatic carboxylic acids is 1. The zero-order chi connectivity index (χ0) is 18.4. The number of anilines is 1. The Morgan fingerprint density at radius 2 is 1.77 bits per heavy atom. The van der Waals surface area contributed by atoms with Gasteiger partial charge in [-0.05, 0) is 5.56 Å². The lowest BCUT2D eigenvalue weighted by atomic mass is 10.1. The number of rotatable bonds is 6. The van der Waals surface area contributed by atoms with Crippen molar-refractivity contribution in [3.05, 3.63) is 59.9 Å². The Hall–Kier alpha value is -2.77. The molecule has 2 aromatic rings. The maximum atomic E-state index is 10.9. The molecule has 1 aliphatic heterocycles. The average molecular weight is 354 g/mol. The fourth-order valence-corrected chi connectivity index (χ4v) is 2.93. The molecule has 1 unspecified atom stereocenters. The van der Waals surface area contributed by atoms with Crippen LogP contribution in [0, 0.1) is 0 Å². The zero-order valence-electron chi connectivity index (χ0n) is 14.4. The molecule has 0 aliphatic carbocycles. The summed E-state index contributed by atoms with van der Waals surface area (Å²) < 4.78 is 0. The SMILES string of the molecule is O=C(O)c1cnc(N2CCN(C(/C=C/c3ccccc3)CO)CC2)nc1. The highest BCUT2D eigenvalue weighted by atomic mass is 16.4. The van der Waals surface area contributed by atoms with Crippen LogP contribution in [0.2, 0.25) is 0 Å². The fraction of sp³-hybridized carbons (Fsp3) is 0.316. The van der Waals surface area contributed by atoms with Gasteiger partial charge in [0.25, 0.3) is 0 Å². The van der Waals surface area contributed by atoms with E-state index in [9.17, 15) is 9.90 Å². The number of carboxylic acids is 1. The van der Waals surface area contributed by atoms with Gasteiger partial charge in [-0.15, -0.1) is 0 Å². The van der Waals surface area contributed by atoms with Crippen LogP contribution in [0.1, 0.15) is 15.9 Å². The standard InChI is InChI=1S/C19H22N4O3/c24-14-17(7-6-15-4-2-1-3-5-15)22-8-10-23(11-9-22)19-20-12-16(13-21-19)18(25)26/h1-7,12-13,17,24H,8-11,14H2,(H,25,26)/b7-6+. The number of aliphatic hydroxyl groups is 1. The van der Waals surface area contributed by atoms with E-state index in [1.807, 2.05) is 47.4 Å². The van der Waals surface area contributed by atoms with E-state index in [1.54, 1.807) is 0 Å². The molecule has 1 aromatic heterocycles. The Bertz CT molecular complexity index is 741. The molecule has 7 heteroatoms. The minimum Gasteiger partial charge on any atom is -0.478 e. The van der Waals surface area contributed by atoms with Crippen LogP contribution in [0.15, 0.2) is 48.8 Å². The second-order valence-electron chi connectivity index (χ2n) is 6.12. The number of aromatic nitrogens is 2. The highest BCUT2D eigenvalue weighted by Gasteiger charge is 2.23. The van der Waals surface area contributed by atoms with E-state index in [4.69, 9.17) is 5.11 Å². The van der Waals surface area contributed by atoms with Gasteiger partial charge in [0.05, 0.1) is 18.2 Å². The van der Waals surface area contributed by atoms with E-state index in [-0.39, 0.29) is 18.2 Å². The largest absolute Gasteiger partial charge is 0.478 e. The Morgan fingerprint density at radius 1 is 1.12 bits per heavy atom. The molecule has 2 N–H and O–H groups in total. The third-order valence-corrected chi connectivity index (χ3v) is 4.45. The molecular formula is C19H22N4O3. The van der Waals surface area contributed by atoms with Crippen LogP contribution < -0.4 is 4.90 Å². The normalized spacial score (nSPS) is 16.7. The Labute approximate surface area is 152 Å². The predicted octanol–water partition coefficient (Wildman–Crippen LogP) is 1.37. The molecule has 0 spiro atoms. The van der Waals surface area contributed by atoms with Crippen molar-refractivity contribution in [1.29, 1.82) is 0 Å². The van der Waals surface area contributed by atoms with Crippen molar-refractivity contribution in [2.24, 2.45) is 0 Å². The highest BCUT2D eigenvalue weighted by Crippen LogP contribution is 2.14. The third kappa shape index (κ3) is 4.44. The van der Waals surface area contributed by atoms with Crippen LogP contribution in [0.5, 0.6) is 0 Å². The quantitative estimate of drug-likeness (QED) is 0.810. The molecular weight excluding hydrogens is 332 g/mol. The number of carbonyl (C=O) groups is 1. The monoisotopic (exact) mass is 354 g/mol. The van der Waals surface area contributed by atoms with Gasteiger partial charge in [-0.25, -0.2) is 14.8 Å². The second-order valence-corrected chi connectivity index (χ2v) is 6.12. The molecule has 1 fully saturated rings. The number of nitrogens with zero attached hydrogens (tertiary/aromatic N) is 4. The lowest BCUT2D eigenvalue weighted by Gasteiger charge is -2.37. The number of piperazine rings is 1. The topological polar surface area (TPSA) is 89.8 Å². The van der Waals surface area contributed by atoms with Gasteiger partial charge in [-0.2, -0.15) is 0 Å². The van der Waals surface area contributed by atoms with Gasteiger partial charge >= 0.3 is 5.97 Å². The maximum Gasteiger partial charge on any atom is 0.338 e. The molecule has 0 bridgehead atoms. The Morgan fingerprint density at radius 3 is 2.35 bits per heavy atom. The molecule has 2 heterocycles. The molecule has 0 radical (unpaired) electrons. The van der Waals surface area contributed by atoms with Crippen LogP contribution in [0.4, 0.5) is 5.95 Å². The van der Waals surface area contributed by atoms with Crippen molar-refractivity contribution in [1.82, 2.24) is 14.9 Å². The van der Waals surface area contributed by atoms with Gasteiger partial charge in [0.2, 0.25) is 5.95 Å². The molecule has 0 amide bonds. The molecule has 7 nitrogen and oxygen atoms in total. The summed E-state index contributed by atoms with van der Waals surface area (Å²) in [6.07, 6.45) is 6.72. The second kappa shape index (κ2) is 8.55. The van der Waals surface area contributed by atoms with Crippen molar-refractivity contribution in [3.8, 4) is 0 Å².